The minimum Gasteiger partial charge on any atom is -0.326 e. The molecule has 0 saturated heterocycles. The Labute approximate surface area is 119 Å². The van der Waals surface area contributed by atoms with Crippen LogP contribution in [0, 0.1) is 5.92 Å². The number of amides is 2. The summed E-state index contributed by atoms with van der Waals surface area (Å²) in [5, 5.41) is 8.72. The van der Waals surface area contributed by atoms with Crippen LogP contribution in [-0.4, -0.2) is 25.4 Å². The van der Waals surface area contributed by atoms with E-state index in [1.165, 1.54) is 0 Å². The molecule has 0 aromatic heterocycles. The number of benzene rings is 1. The van der Waals surface area contributed by atoms with Gasteiger partial charge in [-0.25, -0.2) is 0 Å². The van der Waals surface area contributed by atoms with Crippen LogP contribution < -0.4 is 16.0 Å². The van der Waals surface area contributed by atoms with Crippen LogP contribution in [0.25, 0.3) is 0 Å². The van der Waals surface area contributed by atoms with Gasteiger partial charge in [0, 0.05) is 23.7 Å². The Morgan fingerprint density at radius 2 is 1.90 bits per heavy atom. The monoisotopic (exact) mass is 275 g/mol. The van der Waals surface area contributed by atoms with Gasteiger partial charge in [0.05, 0.1) is 0 Å². The summed E-state index contributed by atoms with van der Waals surface area (Å²) in [6, 6.07) is 7.27. The smallest absolute Gasteiger partial charge is 0.227 e. The summed E-state index contributed by atoms with van der Waals surface area (Å²) in [5.74, 6) is 0.239. The van der Waals surface area contributed by atoms with Crippen molar-refractivity contribution in [2.24, 2.45) is 5.92 Å². The first-order chi connectivity index (χ1) is 9.69. The SMILES string of the molecule is CNCCCC(=O)Nc1cccc(NC(=O)C2CC2)c1. The highest BCUT2D eigenvalue weighted by molar-refractivity contribution is 5.95. The van der Waals surface area contributed by atoms with Crippen LogP contribution in [0.15, 0.2) is 24.3 Å². The molecule has 3 N–H and O–H groups in total. The summed E-state index contributed by atoms with van der Waals surface area (Å²) in [6.07, 6.45) is 3.25. The van der Waals surface area contributed by atoms with Crippen LogP contribution in [0.2, 0.25) is 0 Å². The molecule has 1 saturated carbocycles. The van der Waals surface area contributed by atoms with Crippen LogP contribution in [0.3, 0.4) is 0 Å². The largest absolute Gasteiger partial charge is 0.326 e. The molecule has 1 aliphatic carbocycles. The molecule has 0 unspecified atom stereocenters. The lowest BCUT2D eigenvalue weighted by atomic mass is 10.2. The van der Waals surface area contributed by atoms with Gasteiger partial charge in [-0.05, 0) is 51.1 Å². The zero-order valence-electron chi connectivity index (χ0n) is 11.7. The number of hydrogen-bond acceptors (Lipinski definition) is 3. The third kappa shape index (κ3) is 4.66. The lowest BCUT2D eigenvalue weighted by Crippen LogP contribution is -2.16. The minimum atomic E-state index is -0.00841. The number of rotatable bonds is 7. The van der Waals surface area contributed by atoms with E-state index in [9.17, 15) is 9.59 Å². The van der Waals surface area contributed by atoms with Gasteiger partial charge in [-0.15, -0.1) is 0 Å². The summed E-state index contributed by atoms with van der Waals surface area (Å²) in [7, 11) is 1.87. The topological polar surface area (TPSA) is 70.2 Å². The van der Waals surface area contributed by atoms with Crippen molar-refractivity contribution in [3.8, 4) is 0 Å². The van der Waals surface area contributed by atoms with E-state index in [0.29, 0.717) is 12.1 Å². The van der Waals surface area contributed by atoms with E-state index >= 15 is 0 Å². The first kappa shape index (κ1) is 14.5. The van der Waals surface area contributed by atoms with Crippen molar-refractivity contribution in [3.05, 3.63) is 24.3 Å². The second-order valence-corrected chi connectivity index (χ2v) is 5.10. The molecule has 5 nitrogen and oxygen atoms in total. The third-order valence-corrected chi connectivity index (χ3v) is 3.19. The fraction of sp³-hybridized carbons (Fsp3) is 0.467. The first-order valence-corrected chi connectivity index (χ1v) is 7.04. The highest BCUT2D eigenvalue weighted by Gasteiger charge is 2.29. The van der Waals surface area contributed by atoms with Crippen LogP contribution in [-0.2, 0) is 9.59 Å². The molecule has 1 aromatic carbocycles. The summed E-state index contributed by atoms with van der Waals surface area (Å²) < 4.78 is 0. The predicted molar refractivity (Wildman–Crippen MR) is 79.6 cm³/mol. The lowest BCUT2D eigenvalue weighted by Gasteiger charge is -2.08. The Balaban J connectivity index is 1.85. The molecule has 20 heavy (non-hydrogen) atoms. The molecule has 0 atom stereocenters. The van der Waals surface area contributed by atoms with Gasteiger partial charge in [-0.2, -0.15) is 0 Å². The fourth-order valence-electron chi connectivity index (χ4n) is 1.91. The molecular weight excluding hydrogens is 254 g/mol. The molecule has 0 heterocycles. The van der Waals surface area contributed by atoms with Crippen LogP contribution in [0.1, 0.15) is 25.7 Å². The number of anilines is 2. The van der Waals surface area contributed by atoms with Gasteiger partial charge in [-0.3, -0.25) is 9.59 Å². The number of hydrogen-bond donors (Lipinski definition) is 3. The van der Waals surface area contributed by atoms with Gasteiger partial charge < -0.3 is 16.0 Å². The van der Waals surface area contributed by atoms with E-state index in [2.05, 4.69) is 16.0 Å². The third-order valence-electron chi connectivity index (χ3n) is 3.19. The van der Waals surface area contributed by atoms with E-state index in [1.807, 2.05) is 25.2 Å². The van der Waals surface area contributed by atoms with E-state index in [4.69, 9.17) is 0 Å². The average Bonchev–Trinajstić information content (AvgIpc) is 3.23. The molecule has 1 fully saturated rings. The van der Waals surface area contributed by atoms with E-state index in [0.717, 1.165) is 31.5 Å². The van der Waals surface area contributed by atoms with Gasteiger partial charge in [0.1, 0.15) is 0 Å². The molecule has 1 aliphatic rings. The van der Waals surface area contributed by atoms with Gasteiger partial charge in [-0.1, -0.05) is 6.07 Å². The molecule has 0 spiro atoms. The lowest BCUT2D eigenvalue weighted by molar-refractivity contribution is -0.117. The maximum atomic E-state index is 11.7. The normalized spacial score (nSPS) is 13.8. The molecule has 5 heteroatoms. The first-order valence-electron chi connectivity index (χ1n) is 7.04. The maximum absolute atomic E-state index is 11.7. The van der Waals surface area contributed by atoms with E-state index < -0.39 is 0 Å². The van der Waals surface area contributed by atoms with Crippen molar-refractivity contribution >= 4 is 23.2 Å². The molecule has 108 valence electrons. The van der Waals surface area contributed by atoms with Crippen molar-refractivity contribution in [3.63, 3.8) is 0 Å². The number of nitrogens with one attached hydrogen (secondary N) is 3. The zero-order chi connectivity index (χ0) is 14.4. The van der Waals surface area contributed by atoms with E-state index in [1.54, 1.807) is 6.07 Å². The molecular formula is C15H21N3O2. The molecule has 0 radical (unpaired) electrons. The second kappa shape index (κ2) is 7.05. The Morgan fingerprint density at radius 3 is 2.55 bits per heavy atom. The molecule has 2 rings (SSSR count). The van der Waals surface area contributed by atoms with Gasteiger partial charge in [0.25, 0.3) is 0 Å². The van der Waals surface area contributed by atoms with Crippen LogP contribution >= 0.6 is 0 Å². The number of carbonyl (C=O) groups excluding carboxylic acids is 2. The summed E-state index contributed by atoms with van der Waals surface area (Å²) in [4.78, 5) is 23.4. The van der Waals surface area contributed by atoms with Gasteiger partial charge in [0.15, 0.2) is 0 Å². The fourth-order valence-corrected chi connectivity index (χ4v) is 1.91. The Morgan fingerprint density at radius 1 is 1.20 bits per heavy atom. The standard InChI is InChI=1S/C15H21N3O2/c1-16-9-3-6-14(19)17-12-4-2-5-13(10-12)18-15(20)11-7-8-11/h2,4-5,10-11,16H,3,6-9H2,1H3,(H,17,19)(H,18,20). The van der Waals surface area contributed by atoms with Crippen molar-refractivity contribution in [1.29, 1.82) is 0 Å². The highest BCUT2D eigenvalue weighted by atomic mass is 16.2. The number of carbonyl (C=O) groups is 2. The average molecular weight is 275 g/mol. The molecule has 0 bridgehead atoms. The summed E-state index contributed by atoms with van der Waals surface area (Å²) >= 11 is 0. The van der Waals surface area contributed by atoms with E-state index in [-0.39, 0.29) is 17.7 Å². The minimum absolute atomic E-state index is 0.00841. The molecule has 2 amide bonds. The van der Waals surface area contributed by atoms with Crippen molar-refractivity contribution in [1.82, 2.24) is 5.32 Å². The predicted octanol–water partition coefficient (Wildman–Crippen LogP) is 1.97. The van der Waals surface area contributed by atoms with Crippen LogP contribution in [0.4, 0.5) is 11.4 Å². The second-order valence-electron chi connectivity index (χ2n) is 5.10. The van der Waals surface area contributed by atoms with Crippen molar-refractivity contribution in [2.45, 2.75) is 25.7 Å². The highest BCUT2D eigenvalue weighted by Crippen LogP contribution is 2.30. The van der Waals surface area contributed by atoms with Crippen molar-refractivity contribution in [2.75, 3.05) is 24.2 Å². The van der Waals surface area contributed by atoms with Gasteiger partial charge in [0.2, 0.25) is 11.8 Å². The zero-order valence-corrected chi connectivity index (χ0v) is 11.7. The quantitative estimate of drug-likeness (QED) is 0.666. The Kier molecular flexibility index (Phi) is 5.12. The summed E-state index contributed by atoms with van der Waals surface area (Å²) in [5.41, 5.74) is 1.45. The molecule has 0 aliphatic heterocycles. The van der Waals surface area contributed by atoms with Crippen molar-refractivity contribution < 1.29 is 9.59 Å². The van der Waals surface area contributed by atoms with Crippen LogP contribution in [0.5, 0.6) is 0 Å². The summed E-state index contributed by atoms with van der Waals surface area (Å²) in [6.45, 7) is 0.824. The molecule has 1 aromatic rings. The van der Waals surface area contributed by atoms with Gasteiger partial charge >= 0.3 is 0 Å². The Hall–Kier alpha value is -1.88. The maximum Gasteiger partial charge on any atom is 0.227 e. The Bertz CT molecular complexity index is 484.